The van der Waals surface area contributed by atoms with Crippen LogP contribution < -0.4 is 5.32 Å². The Morgan fingerprint density at radius 3 is 3.00 bits per heavy atom. The molecule has 0 unspecified atom stereocenters. The van der Waals surface area contributed by atoms with Gasteiger partial charge in [-0.1, -0.05) is 11.6 Å². The lowest BCUT2D eigenvalue weighted by Gasteiger charge is -2.07. The summed E-state index contributed by atoms with van der Waals surface area (Å²) in [6.07, 6.45) is 5.06. The fourth-order valence-corrected chi connectivity index (χ4v) is 2.34. The molecule has 1 aliphatic carbocycles. The van der Waals surface area contributed by atoms with Crippen molar-refractivity contribution in [1.82, 2.24) is 9.88 Å². The van der Waals surface area contributed by atoms with Crippen molar-refractivity contribution in [2.24, 2.45) is 5.92 Å². The Morgan fingerprint density at radius 2 is 2.18 bits per heavy atom. The van der Waals surface area contributed by atoms with E-state index in [0.717, 1.165) is 19.0 Å². The summed E-state index contributed by atoms with van der Waals surface area (Å²) in [6, 6.07) is 8.88. The zero-order valence-corrected chi connectivity index (χ0v) is 10.4. The van der Waals surface area contributed by atoms with Gasteiger partial charge in [0, 0.05) is 24.8 Å². The van der Waals surface area contributed by atoms with Gasteiger partial charge >= 0.3 is 0 Å². The van der Waals surface area contributed by atoms with Crippen LogP contribution in [0.25, 0.3) is 10.9 Å². The van der Waals surface area contributed by atoms with Crippen LogP contribution in [0.4, 0.5) is 0 Å². The molecule has 0 saturated heterocycles. The molecular weight excluding hydrogens is 208 g/mol. The average molecular weight is 228 g/mol. The van der Waals surface area contributed by atoms with Gasteiger partial charge in [-0.2, -0.15) is 0 Å². The first-order chi connectivity index (χ1) is 8.33. The van der Waals surface area contributed by atoms with E-state index in [9.17, 15) is 0 Å². The number of aromatic nitrogens is 1. The number of aryl methyl sites for hydroxylation is 1. The highest BCUT2D eigenvalue weighted by Gasteiger charge is 2.19. The molecule has 0 amide bonds. The Kier molecular flexibility index (Phi) is 2.89. The van der Waals surface area contributed by atoms with Crippen molar-refractivity contribution in [2.45, 2.75) is 26.3 Å². The van der Waals surface area contributed by atoms with Gasteiger partial charge in [-0.15, -0.1) is 0 Å². The molecule has 1 heterocycles. The number of hydrogen-bond acceptors (Lipinski definition) is 1. The van der Waals surface area contributed by atoms with E-state index in [1.54, 1.807) is 0 Å². The maximum absolute atomic E-state index is 3.54. The van der Waals surface area contributed by atoms with Crippen molar-refractivity contribution in [3.8, 4) is 0 Å². The van der Waals surface area contributed by atoms with E-state index in [2.05, 4.69) is 47.3 Å². The van der Waals surface area contributed by atoms with Gasteiger partial charge in [-0.25, -0.2) is 0 Å². The summed E-state index contributed by atoms with van der Waals surface area (Å²) in [5.41, 5.74) is 2.69. The van der Waals surface area contributed by atoms with Gasteiger partial charge < -0.3 is 9.88 Å². The fourth-order valence-electron chi connectivity index (χ4n) is 2.34. The first kappa shape index (κ1) is 10.8. The third kappa shape index (κ3) is 2.52. The molecule has 1 aromatic carbocycles. The zero-order chi connectivity index (χ0) is 11.7. The van der Waals surface area contributed by atoms with Crippen molar-refractivity contribution in [3.63, 3.8) is 0 Å². The molecule has 0 bridgehead atoms. The van der Waals surface area contributed by atoms with Crippen molar-refractivity contribution in [1.29, 1.82) is 0 Å². The van der Waals surface area contributed by atoms with Crippen molar-refractivity contribution in [2.75, 3.05) is 13.1 Å². The number of benzene rings is 1. The van der Waals surface area contributed by atoms with E-state index >= 15 is 0 Å². The molecule has 1 saturated carbocycles. The molecule has 1 aliphatic rings. The van der Waals surface area contributed by atoms with Crippen LogP contribution in [0.1, 0.15) is 18.4 Å². The molecule has 90 valence electrons. The molecule has 2 nitrogen and oxygen atoms in total. The maximum atomic E-state index is 3.54. The van der Waals surface area contributed by atoms with Gasteiger partial charge in [0.05, 0.1) is 0 Å². The first-order valence-corrected chi connectivity index (χ1v) is 6.59. The molecular formula is C15H20N2. The lowest BCUT2D eigenvalue weighted by atomic mass is 10.2. The van der Waals surface area contributed by atoms with Crippen LogP contribution in [-0.2, 0) is 6.54 Å². The maximum Gasteiger partial charge on any atom is 0.0480 e. The average Bonchev–Trinajstić information content (AvgIpc) is 3.06. The van der Waals surface area contributed by atoms with Crippen molar-refractivity contribution >= 4 is 10.9 Å². The van der Waals surface area contributed by atoms with E-state index in [0.29, 0.717) is 0 Å². The number of hydrogen-bond donors (Lipinski definition) is 1. The van der Waals surface area contributed by atoms with Crippen LogP contribution in [0.15, 0.2) is 30.5 Å². The summed E-state index contributed by atoms with van der Waals surface area (Å²) in [6.45, 7) is 5.50. The van der Waals surface area contributed by atoms with Gasteiger partial charge in [0.1, 0.15) is 0 Å². The van der Waals surface area contributed by atoms with Gasteiger partial charge in [0.15, 0.2) is 0 Å². The predicted octanol–water partition coefficient (Wildman–Crippen LogP) is 2.95. The summed E-state index contributed by atoms with van der Waals surface area (Å²) in [7, 11) is 0. The minimum atomic E-state index is 0.971. The van der Waals surface area contributed by atoms with Gasteiger partial charge in [0.25, 0.3) is 0 Å². The van der Waals surface area contributed by atoms with Gasteiger partial charge in [-0.05, 0) is 55.8 Å². The highest BCUT2D eigenvalue weighted by atomic mass is 15.0. The Bertz CT molecular complexity index is 509. The van der Waals surface area contributed by atoms with Crippen LogP contribution in [0, 0.1) is 12.8 Å². The Hall–Kier alpha value is -1.28. The molecule has 17 heavy (non-hydrogen) atoms. The van der Waals surface area contributed by atoms with E-state index in [-0.39, 0.29) is 0 Å². The van der Waals surface area contributed by atoms with Crippen LogP contribution in [-0.4, -0.2) is 17.7 Å². The molecule has 0 spiro atoms. The second-order valence-corrected chi connectivity index (χ2v) is 5.22. The Balaban J connectivity index is 1.63. The van der Waals surface area contributed by atoms with Crippen molar-refractivity contribution < 1.29 is 0 Å². The fraction of sp³-hybridized carbons (Fsp3) is 0.467. The standard InChI is InChI=1S/C15H20N2/c1-12-2-5-15-14(10-12)6-8-17(15)9-7-16-11-13-3-4-13/h2,5-6,8,10,13,16H,3-4,7,9,11H2,1H3. The molecule has 2 aromatic rings. The second kappa shape index (κ2) is 4.53. The van der Waals surface area contributed by atoms with E-state index in [1.165, 1.54) is 35.9 Å². The predicted molar refractivity (Wildman–Crippen MR) is 72.3 cm³/mol. The van der Waals surface area contributed by atoms with Crippen LogP contribution in [0.5, 0.6) is 0 Å². The van der Waals surface area contributed by atoms with Gasteiger partial charge in [-0.3, -0.25) is 0 Å². The number of nitrogens with one attached hydrogen (secondary N) is 1. The normalized spacial score (nSPS) is 15.6. The Labute approximate surface area is 103 Å². The molecule has 0 atom stereocenters. The molecule has 3 rings (SSSR count). The van der Waals surface area contributed by atoms with E-state index < -0.39 is 0 Å². The zero-order valence-electron chi connectivity index (χ0n) is 10.4. The molecule has 1 N–H and O–H groups in total. The second-order valence-electron chi connectivity index (χ2n) is 5.22. The smallest absolute Gasteiger partial charge is 0.0480 e. The highest BCUT2D eigenvalue weighted by molar-refractivity contribution is 5.80. The monoisotopic (exact) mass is 228 g/mol. The van der Waals surface area contributed by atoms with Gasteiger partial charge in [0.2, 0.25) is 0 Å². The molecule has 0 radical (unpaired) electrons. The third-order valence-corrected chi connectivity index (χ3v) is 3.59. The summed E-state index contributed by atoms with van der Waals surface area (Å²) in [5.74, 6) is 0.971. The lowest BCUT2D eigenvalue weighted by Crippen LogP contribution is -2.21. The minimum absolute atomic E-state index is 0.971. The summed E-state index contributed by atoms with van der Waals surface area (Å²) < 4.78 is 2.34. The van der Waals surface area contributed by atoms with E-state index in [4.69, 9.17) is 0 Å². The number of rotatable bonds is 5. The van der Waals surface area contributed by atoms with E-state index in [1.807, 2.05) is 0 Å². The first-order valence-electron chi connectivity index (χ1n) is 6.59. The molecule has 2 heteroatoms. The molecule has 0 aliphatic heterocycles. The molecule has 1 fully saturated rings. The summed E-state index contributed by atoms with van der Waals surface area (Å²) >= 11 is 0. The number of nitrogens with zero attached hydrogens (tertiary/aromatic N) is 1. The molecule has 1 aromatic heterocycles. The largest absolute Gasteiger partial charge is 0.346 e. The SMILES string of the molecule is Cc1ccc2c(ccn2CCNCC2CC2)c1. The topological polar surface area (TPSA) is 17.0 Å². The number of fused-ring (bicyclic) bond motifs is 1. The van der Waals surface area contributed by atoms with Crippen LogP contribution >= 0.6 is 0 Å². The lowest BCUT2D eigenvalue weighted by molar-refractivity contribution is 0.584. The minimum Gasteiger partial charge on any atom is -0.346 e. The summed E-state index contributed by atoms with van der Waals surface area (Å²) in [5, 5.41) is 4.89. The third-order valence-electron chi connectivity index (χ3n) is 3.59. The van der Waals surface area contributed by atoms with Crippen LogP contribution in [0.3, 0.4) is 0 Å². The Morgan fingerprint density at radius 1 is 1.29 bits per heavy atom. The summed E-state index contributed by atoms with van der Waals surface area (Å²) in [4.78, 5) is 0. The highest BCUT2D eigenvalue weighted by Crippen LogP contribution is 2.27. The quantitative estimate of drug-likeness (QED) is 0.779. The van der Waals surface area contributed by atoms with Crippen molar-refractivity contribution in [3.05, 3.63) is 36.0 Å². The van der Waals surface area contributed by atoms with Crippen LogP contribution in [0.2, 0.25) is 0 Å².